The summed E-state index contributed by atoms with van der Waals surface area (Å²) >= 11 is 0. The van der Waals surface area contributed by atoms with Crippen LogP contribution in [0.25, 0.3) is 0 Å². The summed E-state index contributed by atoms with van der Waals surface area (Å²) in [5, 5.41) is 11.9. The number of hydrogen-bond acceptors (Lipinski definition) is 4. The van der Waals surface area contributed by atoms with Crippen molar-refractivity contribution in [1.82, 2.24) is 4.98 Å². The Morgan fingerprint density at radius 2 is 2.05 bits per heavy atom. The molecule has 1 aliphatic carbocycles. The quantitative estimate of drug-likeness (QED) is 0.888. The zero-order chi connectivity index (χ0) is 14.5. The summed E-state index contributed by atoms with van der Waals surface area (Å²) in [7, 11) is 0. The van der Waals surface area contributed by atoms with Gasteiger partial charge in [0.25, 0.3) is 0 Å². The number of aromatic hydroxyl groups is 1. The highest BCUT2D eigenvalue weighted by Gasteiger charge is 2.27. The van der Waals surface area contributed by atoms with E-state index in [1.165, 1.54) is 12.3 Å². The second-order valence-corrected chi connectivity index (χ2v) is 5.55. The molecule has 1 aromatic heterocycles. The Labute approximate surface area is 119 Å². The van der Waals surface area contributed by atoms with Gasteiger partial charge in [0, 0.05) is 5.92 Å². The summed E-state index contributed by atoms with van der Waals surface area (Å²) < 4.78 is 5.78. The molecule has 0 aliphatic heterocycles. The van der Waals surface area contributed by atoms with Crippen LogP contribution in [-0.4, -0.2) is 28.2 Å². The molecule has 0 saturated heterocycles. The Kier molecular flexibility index (Phi) is 4.95. The number of anilines is 1. The largest absolute Gasteiger partial charge is 0.506 e. The molecule has 20 heavy (non-hydrogen) atoms. The highest BCUT2D eigenvalue weighted by Crippen LogP contribution is 2.28. The van der Waals surface area contributed by atoms with Crippen LogP contribution < -0.4 is 5.32 Å². The first-order valence-electron chi connectivity index (χ1n) is 7.16. The Balaban J connectivity index is 1.81. The highest BCUT2D eigenvalue weighted by molar-refractivity contribution is 5.91. The Morgan fingerprint density at radius 1 is 1.35 bits per heavy atom. The zero-order valence-electron chi connectivity index (χ0n) is 12.0. The Bertz CT molecular complexity index is 437. The molecule has 1 aliphatic rings. The van der Waals surface area contributed by atoms with E-state index in [1.54, 1.807) is 6.07 Å². The third-order valence-electron chi connectivity index (χ3n) is 3.51. The maximum atomic E-state index is 12.1. The molecule has 110 valence electrons. The van der Waals surface area contributed by atoms with Crippen molar-refractivity contribution >= 4 is 11.7 Å². The molecule has 1 saturated carbocycles. The Morgan fingerprint density at radius 3 is 2.60 bits per heavy atom. The summed E-state index contributed by atoms with van der Waals surface area (Å²) in [6.07, 6.45) is 5.40. The number of aromatic nitrogens is 1. The van der Waals surface area contributed by atoms with Gasteiger partial charge in [-0.15, -0.1) is 0 Å². The lowest BCUT2D eigenvalue weighted by molar-refractivity contribution is -0.122. The number of nitrogens with zero attached hydrogens (tertiary/aromatic N) is 1. The van der Waals surface area contributed by atoms with E-state index in [-0.39, 0.29) is 29.8 Å². The summed E-state index contributed by atoms with van der Waals surface area (Å²) in [5.74, 6) is 0.603. The number of carbonyl (C=O) groups excluding carboxylic acids is 1. The number of hydrogen-bond donors (Lipinski definition) is 2. The van der Waals surface area contributed by atoms with Gasteiger partial charge in [-0.25, -0.2) is 4.98 Å². The summed E-state index contributed by atoms with van der Waals surface area (Å²) in [4.78, 5) is 16.1. The maximum absolute atomic E-state index is 12.1. The molecule has 1 amide bonds. The van der Waals surface area contributed by atoms with Crippen molar-refractivity contribution in [2.45, 2.75) is 51.7 Å². The SMILES string of the molecule is CC(C)O[C@H]1CC[C@H](C(=O)Nc2ccc(O)cn2)CC1. The van der Waals surface area contributed by atoms with Crippen LogP contribution in [0.4, 0.5) is 5.82 Å². The van der Waals surface area contributed by atoms with Crippen molar-refractivity contribution in [1.29, 1.82) is 0 Å². The number of amides is 1. The first-order valence-corrected chi connectivity index (χ1v) is 7.16. The predicted molar refractivity (Wildman–Crippen MR) is 76.5 cm³/mol. The van der Waals surface area contributed by atoms with Crippen LogP contribution in [0.5, 0.6) is 5.75 Å². The third kappa shape index (κ3) is 4.20. The van der Waals surface area contributed by atoms with Gasteiger partial charge < -0.3 is 15.2 Å². The van der Waals surface area contributed by atoms with E-state index in [1.807, 2.05) is 13.8 Å². The van der Waals surface area contributed by atoms with Crippen LogP contribution in [0.3, 0.4) is 0 Å². The van der Waals surface area contributed by atoms with E-state index in [4.69, 9.17) is 9.84 Å². The molecule has 5 heteroatoms. The summed E-state index contributed by atoms with van der Waals surface area (Å²) in [6.45, 7) is 4.07. The van der Waals surface area contributed by atoms with Crippen molar-refractivity contribution in [3.8, 4) is 5.75 Å². The minimum atomic E-state index is 0.00573. The van der Waals surface area contributed by atoms with Crippen LogP contribution in [0, 0.1) is 5.92 Å². The van der Waals surface area contributed by atoms with Gasteiger partial charge in [-0.3, -0.25) is 4.79 Å². The minimum absolute atomic E-state index is 0.00573. The topological polar surface area (TPSA) is 71.5 Å². The van der Waals surface area contributed by atoms with Crippen molar-refractivity contribution in [3.05, 3.63) is 18.3 Å². The van der Waals surface area contributed by atoms with E-state index >= 15 is 0 Å². The third-order valence-corrected chi connectivity index (χ3v) is 3.51. The molecule has 0 aromatic carbocycles. The second-order valence-electron chi connectivity index (χ2n) is 5.55. The van der Waals surface area contributed by atoms with Crippen molar-refractivity contribution in [2.24, 2.45) is 5.92 Å². The fourth-order valence-electron chi connectivity index (χ4n) is 2.53. The average molecular weight is 278 g/mol. The molecule has 0 atom stereocenters. The summed E-state index contributed by atoms with van der Waals surface area (Å²) in [6, 6.07) is 3.11. The highest BCUT2D eigenvalue weighted by atomic mass is 16.5. The lowest BCUT2D eigenvalue weighted by Gasteiger charge is -2.29. The van der Waals surface area contributed by atoms with E-state index < -0.39 is 0 Å². The Hall–Kier alpha value is -1.62. The number of rotatable bonds is 4. The molecular weight excluding hydrogens is 256 g/mol. The number of nitrogens with one attached hydrogen (secondary N) is 1. The molecule has 0 spiro atoms. The number of pyridine rings is 1. The minimum Gasteiger partial charge on any atom is -0.506 e. The van der Waals surface area contributed by atoms with E-state index in [2.05, 4.69) is 10.3 Å². The molecule has 2 rings (SSSR count). The number of carbonyl (C=O) groups is 1. The average Bonchev–Trinajstić information content (AvgIpc) is 2.41. The van der Waals surface area contributed by atoms with Gasteiger partial charge in [0.15, 0.2) is 0 Å². The van der Waals surface area contributed by atoms with Crippen molar-refractivity contribution in [3.63, 3.8) is 0 Å². The van der Waals surface area contributed by atoms with Crippen LogP contribution in [0.2, 0.25) is 0 Å². The van der Waals surface area contributed by atoms with Crippen molar-refractivity contribution < 1.29 is 14.6 Å². The monoisotopic (exact) mass is 278 g/mol. The van der Waals surface area contributed by atoms with Gasteiger partial charge in [0.05, 0.1) is 18.4 Å². The normalized spacial score (nSPS) is 22.8. The first kappa shape index (κ1) is 14.8. The van der Waals surface area contributed by atoms with Crippen LogP contribution >= 0.6 is 0 Å². The maximum Gasteiger partial charge on any atom is 0.228 e. The van der Waals surface area contributed by atoms with E-state index in [0.29, 0.717) is 5.82 Å². The lowest BCUT2D eigenvalue weighted by atomic mass is 9.86. The smallest absolute Gasteiger partial charge is 0.228 e. The molecule has 2 N–H and O–H groups in total. The molecule has 0 bridgehead atoms. The molecule has 5 nitrogen and oxygen atoms in total. The van der Waals surface area contributed by atoms with Crippen molar-refractivity contribution in [2.75, 3.05) is 5.32 Å². The predicted octanol–water partition coefficient (Wildman–Crippen LogP) is 2.71. The standard InChI is InChI=1S/C15H22N2O3/c1-10(2)20-13-6-3-11(4-7-13)15(19)17-14-8-5-12(18)9-16-14/h5,8-11,13,18H,3-4,6-7H2,1-2H3,(H,16,17,19)/t11-,13-. The van der Waals surface area contributed by atoms with Gasteiger partial charge in [-0.1, -0.05) is 0 Å². The summed E-state index contributed by atoms with van der Waals surface area (Å²) in [5.41, 5.74) is 0. The van der Waals surface area contributed by atoms with Gasteiger partial charge >= 0.3 is 0 Å². The molecule has 0 unspecified atom stereocenters. The fourth-order valence-corrected chi connectivity index (χ4v) is 2.53. The zero-order valence-corrected chi connectivity index (χ0v) is 12.0. The molecule has 0 radical (unpaired) electrons. The molecule has 1 heterocycles. The first-order chi connectivity index (χ1) is 9.54. The molecule has 1 aromatic rings. The molecular formula is C15H22N2O3. The second kappa shape index (κ2) is 6.70. The van der Waals surface area contributed by atoms with E-state index in [0.717, 1.165) is 25.7 Å². The van der Waals surface area contributed by atoms with Crippen LogP contribution in [-0.2, 0) is 9.53 Å². The van der Waals surface area contributed by atoms with Gasteiger partial charge in [-0.2, -0.15) is 0 Å². The van der Waals surface area contributed by atoms with E-state index in [9.17, 15) is 4.79 Å². The fraction of sp³-hybridized carbons (Fsp3) is 0.600. The van der Waals surface area contributed by atoms with Gasteiger partial charge in [-0.05, 0) is 51.7 Å². The van der Waals surface area contributed by atoms with Gasteiger partial charge in [0.1, 0.15) is 11.6 Å². The van der Waals surface area contributed by atoms with Crippen LogP contribution in [0.15, 0.2) is 18.3 Å². The molecule has 1 fully saturated rings. The lowest BCUT2D eigenvalue weighted by Crippen LogP contribution is -2.31. The van der Waals surface area contributed by atoms with Gasteiger partial charge in [0.2, 0.25) is 5.91 Å². The number of ether oxygens (including phenoxy) is 1. The van der Waals surface area contributed by atoms with Crippen LogP contribution in [0.1, 0.15) is 39.5 Å².